The third-order valence-corrected chi connectivity index (χ3v) is 9.84. The van der Waals surface area contributed by atoms with Gasteiger partial charge in [0.1, 0.15) is 11.2 Å². The Kier molecular flexibility index (Phi) is 3.90. The van der Waals surface area contributed by atoms with E-state index in [1.807, 2.05) is 13.8 Å². The van der Waals surface area contributed by atoms with Gasteiger partial charge in [0.05, 0.1) is 9.79 Å². The Labute approximate surface area is 171 Å². The molecule has 9 heteroatoms. The van der Waals surface area contributed by atoms with Crippen molar-refractivity contribution in [3.05, 3.63) is 59.7 Å². The fourth-order valence-electron chi connectivity index (χ4n) is 4.16. The summed E-state index contributed by atoms with van der Waals surface area (Å²) in [6, 6.07) is 13.5. The fraction of sp³-hybridized carbons (Fsp3) is 0.400. The molecule has 0 aliphatic carbocycles. The number of hydrogen-bond acceptors (Lipinski definition) is 5. The van der Waals surface area contributed by atoms with Crippen LogP contribution in [0.1, 0.15) is 11.1 Å². The van der Waals surface area contributed by atoms with Crippen LogP contribution in [0.25, 0.3) is 0 Å². The topological polar surface area (TPSA) is 87.3 Å². The highest BCUT2D eigenvalue weighted by Gasteiger charge is 2.81. The average Bonchev–Trinajstić information content (AvgIpc) is 3.31. The first-order valence-corrected chi connectivity index (χ1v) is 12.3. The van der Waals surface area contributed by atoms with Crippen LogP contribution < -0.4 is 0 Å². The van der Waals surface area contributed by atoms with Gasteiger partial charge >= 0.3 is 0 Å². The minimum Gasteiger partial charge on any atom is -0.357 e. The molecule has 0 bridgehead atoms. The van der Waals surface area contributed by atoms with Crippen molar-refractivity contribution in [1.82, 2.24) is 8.61 Å². The van der Waals surface area contributed by atoms with Crippen LogP contribution in [-0.2, 0) is 24.8 Å². The molecule has 0 unspecified atom stereocenters. The Bertz CT molecular complexity index is 1080. The monoisotopic (exact) mass is 434 g/mol. The average molecular weight is 435 g/mol. The van der Waals surface area contributed by atoms with Crippen LogP contribution in [0, 0.1) is 13.8 Å². The molecule has 0 amide bonds. The van der Waals surface area contributed by atoms with Crippen LogP contribution in [-0.4, -0.2) is 62.8 Å². The van der Waals surface area contributed by atoms with Gasteiger partial charge in [0.15, 0.2) is 0 Å². The van der Waals surface area contributed by atoms with Gasteiger partial charge in [0.25, 0.3) is 0 Å². The van der Waals surface area contributed by atoms with Crippen LogP contribution in [0.4, 0.5) is 0 Å². The fourth-order valence-corrected chi connectivity index (χ4v) is 7.23. The number of rotatable bonds is 4. The first-order chi connectivity index (χ1) is 13.6. The maximum absolute atomic E-state index is 12.8. The molecule has 7 nitrogen and oxygen atoms in total. The Hall–Kier alpha value is -1.78. The van der Waals surface area contributed by atoms with E-state index in [9.17, 15) is 16.8 Å². The van der Waals surface area contributed by atoms with Gasteiger partial charge in [-0.05, 0) is 38.1 Å². The highest BCUT2D eigenvalue weighted by molar-refractivity contribution is 7.89. The van der Waals surface area contributed by atoms with Gasteiger partial charge in [0.2, 0.25) is 20.0 Å². The van der Waals surface area contributed by atoms with E-state index in [4.69, 9.17) is 4.74 Å². The molecule has 3 fully saturated rings. The maximum atomic E-state index is 12.8. The van der Waals surface area contributed by atoms with Crippen LogP contribution >= 0.6 is 0 Å². The molecule has 2 spiro atoms. The van der Waals surface area contributed by atoms with Crippen LogP contribution in [0.15, 0.2) is 58.3 Å². The zero-order chi connectivity index (χ0) is 20.7. The lowest BCUT2D eigenvalue weighted by molar-refractivity contribution is 0.126. The molecule has 0 atom stereocenters. The van der Waals surface area contributed by atoms with Gasteiger partial charge in [-0.15, -0.1) is 0 Å². The Balaban J connectivity index is 1.25. The Morgan fingerprint density at radius 2 is 0.966 bits per heavy atom. The van der Waals surface area contributed by atoms with E-state index < -0.39 is 31.2 Å². The maximum Gasteiger partial charge on any atom is 0.243 e. The molecule has 3 heterocycles. The number of hydrogen-bond donors (Lipinski definition) is 0. The highest BCUT2D eigenvalue weighted by atomic mass is 32.2. The van der Waals surface area contributed by atoms with Gasteiger partial charge in [-0.25, -0.2) is 16.8 Å². The van der Waals surface area contributed by atoms with E-state index in [0.717, 1.165) is 11.1 Å². The third-order valence-electron chi connectivity index (χ3n) is 6.22. The normalized spacial score (nSPS) is 23.0. The number of fused-ring (bicyclic) bond motifs is 1. The lowest BCUT2D eigenvalue weighted by Crippen LogP contribution is -2.67. The Morgan fingerprint density at radius 1 is 0.655 bits per heavy atom. The number of ether oxygens (including phenoxy) is 1. The summed E-state index contributed by atoms with van der Waals surface area (Å²) in [6.07, 6.45) is 0. The quantitative estimate of drug-likeness (QED) is 0.681. The minimum absolute atomic E-state index is 0.266. The van der Waals surface area contributed by atoms with Crippen molar-refractivity contribution in [2.75, 3.05) is 26.2 Å². The first kappa shape index (κ1) is 19.2. The summed E-state index contributed by atoms with van der Waals surface area (Å²) in [4.78, 5) is 0.537. The lowest BCUT2D eigenvalue weighted by Gasteiger charge is -2.44. The smallest absolute Gasteiger partial charge is 0.243 e. The largest absolute Gasteiger partial charge is 0.357 e. The molecule has 3 aliphatic heterocycles. The number of epoxide rings is 1. The van der Waals surface area contributed by atoms with Crippen molar-refractivity contribution in [1.29, 1.82) is 0 Å². The van der Waals surface area contributed by atoms with Gasteiger partial charge in [-0.3, -0.25) is 0 Å². The van der Waals surface area contributed by atoms with Gasteiger partial charge in [-0.1, -0.05) is 35.4 Å². The standard InChI is InChI=1S/C20H22N2O5S2/c1-15-3-7-17(8-4-15)28(23,24)21-11-19(12-21)20(27-19)13-22(14-20)29(25,26)18-9-5-16(2)6-10-18/h3-10H,11-14H2,1-2H3. The molecule has 3 aliphatic rings. The molecular formula is C20H22N2O5S2. The highest BCUT2D eigenvalue weighted by Crippen LogP contribution is 2.60. The summed E-state index contributed by atoms with van der Waals surface area (Å²) in [5.41, 5.74) is 0.893. The van der Waals surface area contributed by atoms with E-state index in [1.54, 1.807) is 48.5 Å². The van der Waals surface area contributed by atoms with E-state index >= 15 is 0 Å². The van der Waals surface area contributed by atoms with Gasteiger partial charge in [-0.2, -0.15) is 8.61 Å². The van der Waals surface area contributed by atoms with Crippen LogP contribution in [0.3, 0.4) is 0 Å². The molecule has 3 saturated heterocycles. The molecular weight excluding hydrogens is 412 g/mol. The summed E-state index contributed by atoms with van der Waals surface area (Å²) < 4.78 is 59.8. The van der Waals surface area contributed by atoms with Gasteiger partial charge in [0, 0.05) is 26.2 Å². The number of sulfonamides is 2. The van der Waals surface area contributed by atoms with Crippen LogP contribution in [0.5, 0.6) is 0 Å². The van der Waals surface area contributed by atoms with E-state index in [1.165, 1.54) is 8.61 Å². The van der Waals surface area contributed by atoms with Crippen LogP contribution in [0.2, 0.25) is 0 Å². The molecule has 0 aromatic heterocycles. The van der Waals surface area contributed by atoms with E-state index in [2.05, 4.69) is 0 Å². The summed E-state index contributed by atoms with van der Waals surface area (Å²) in [5.74, 6) is 0. The molecule has 0 N–H and O–H groups in total. The predicted molar refractivity (Wildman–Crippen MR) is 106 cm³/mol. The van der Waals surface area contributed by atoms with Crippen molar-refractivity contribution >= 4 is 20.0 Å². The minimum atomic E-state index is -3.55. The number of benzene rings is 2. The third kappa shape index (κ3) is 2.72. The second-order valence-electron chi connectivity index (χ2n) is 8.26. The molecule has 0 radical (unpaired) electrons. The molecule has 0 saturated carbocycles. The molecule has 2 aromatic carbocycles. The van der Waals surface area contributed by atoms with Crippen molar-refractivity contribution in [3.8, 4) is 0 Å². The van der Waals surface area contributed by atoms with E-state index in [-0.39, 0.29) is 36.0 Å². The number of aryl methyl sites for hydroxylation is 2. The first-order valence-electron chi connectivity index (χ1n) is 9.42. The molecule has 29 heavy (non-hydrogen) atoms. The predicted octanol–water partition coefficient (Wildman–Crippen LogP) is 1.52. The zero-order valence-corrected chi connectivity index (χ0v) is 17.8. The van der Waals surface area contributed by atoms with Crippen molar-refractivity contribution < 1.29 is 21.6 Å². The second kappa shape index (κ2) is 5.89. The van der Waals surface area contributed by atoms with Crippen molar-refractivity contribution in [2.45, 2.75) is 34.8 Å². The van der Waals surface area contributed by atoms with Gasteiger partial charge < -0.3 is 4.74 Å². The molecule has 154 valence electrons. The van der Waals surface area contributed by atoms with Crippen molar-refractivity contribution in [2.24, 2.45) is 0 Å². The summed E-state index contributed by atoms with van der Waals surface area (Å²) >= 11 is 0. The second-order valence-corrected chi connectivity index (χ2v) is 12.1. The van der Waals surface area contributed by atoms with E-state index in [0.29, 0.717) is 0 Å². The SMILES string of the molecule is Cc1ccc(S(=O)(=O)N2CC3(C2)OC32CN(S(=O)(=O)c3ccc(C)cc3)C2)cc1. The summed E-state index contributed by atoms with van der Waals surface area (Å²) in [7, 11) is -7.10. The molecule has 2 aromatic rings. The van der Waals surface area contributed by atoms with Crippen molar-refractivity contribution in [3.63, 3.8) is 0 Å². The Morgan fingerprint density at radius 3 is 1.28 bits per heavy atom. The summed E-state index contributed by atoms with van der Waals surface area (Å²) in [5, 5.41) is 0. The number of nitrogens with zero attached hydrogens (tertiary/aromatic N) is 2. The molecule has 5 rings (SSSR count). The lowest BCUT2D eigenvalue weighted by atomic mass is 9.83. The summed E-state index contributed by atoms with van der Waals surface area (Å²) in [6.45, 7) is 4.88. The zero-order valence-electron chi connectivity index (χ0n) is 16.2.